The molecule has 0 aromatic carbocycles. The maximum Gasteiger partial charge on any atom is 0.0596 e. The van der Waals surface area contributed by atoms with Crippen molar-refractivity contribution in [3.63, 3.8) is 0 Å². The lowest BCUT2D eigenvalue weighted by atomic mass is 9.86. The molecule has 0 aliphatic rings. The molecule has 1 aromatic heterocycles. The second kappa shape index (κ2) is 3.96. The summed E-state index contributed by atoms with van der Waals surface area (Å²) in [5.74, 6) is 0. The fraction of sp³-hybridized carbons (Fsp3) is 0.545. The van der Waals surface area contributed by atoms with Gasteiger partial charge in [0.15, 0.2) is 0 Å². The summed E-state index contributed by atoms with van der Waals surface area (Å²) in [6.07, 6.45) is 2.57. The molecule has 0 saturated heterocycles. The molecule has 0 aliphatic heterocycles. The number of nitrogens with zero attached hydrogens (tertiary/aromatic N) is 2. The molecule has 0 spiro atoms. The van der Waals surface area contributed by atoms with E-state index in [0.717, 1.165) is 17.8 Å². The number of hydrogen-bond acceptors (Lipinski definition) is 2. The third kappa shape index (κ3) is 2.23. The lowest BCUT2D eigenvalue weighted by Crippen LogP contribution is -2.22. The molecule has 0 fully saturated rings. The molecule has 1 heterocycles. The Kier molecular flexibility index (Phi) is 3.11. The summed E-state index contributed by atoms with van der Waals surface area (Å²) in [7, 11) is 1.92. The Morgan fingerprint density at radius 3 is 2.71 bits per heavy atom. The van der Waals surface area contributed by atoms with E-state index in [1.807, 2.05) is 31.6 Å². The third-order valence-electron chi connectivity index (χ3n) is 2.54. The predicted molar refractivity (Wildman–Crippen MR) is 57.0 cm³/mol. The van der Waals surface area contributed by atoms with Gasteiger partial charge in [-0.3, -0.25) is 4.68 Å². The van der Waals surface area contributed by atoms with Crippen molar-refractivity contribution in [2.24, 2.45) is 12.5 Å². The summed E-state index contributed by atoms with van der Waals surface area (Å²) >= 11 is 0. The van der Waals surface area contributed by atoms with Gasteiger partial charge < -0.3 is 5.11 Å². The SMILES string of the molecule is C=CC(C)(CO)Cc1cc(C)nn1C. The van der Waals surface area contributed by atoms with Gasteiger partial charge in [-0.25, -0.2) is 0 Å². The average molecular weight is 194 g/mol. The zero-order valence-electron chi connectivity index (χ0n) is 9.12. The van der Waals surface area contributed by atoms with Gasteiger partial charge in [0.2, 0.25) is 0 Å². The molecule has 1 N–H and O–H groups in total. The van der Waals surface area contributed by atoms with Crippen LogP contribution in [0.15, 0.2) is 18.7 Å². The average Bonchev–Trinajstić information content (AvgIpc) is 2.45. The van der Waals surface area contributed by atoms with Gasteiger partial charge in [-0.1, -0.05) is 13.0 Å². The van der Waals surface area contributed by atoms with E-state index in [-0.39, 0.29) is 12.0 Å². The third-order valence-corrected chi connectivity index (χ3v) is 2.54. The van der Waals surface area contributed by atoms with Gasteiger partial charge in [-0.05, 0) is 13.0 Å². The molecule has 3 nitrogen and oxygen atoms in total. The quantitative estimate of drug-likeness (QED) is 0.737. The molecule has 3 heteroatoms. The topological polar surface area (TPSA) is 38.1 Å². The Hall–Kier alpha value is -1.09. The molecule has 0 saturated carbocycles. The number of aryl methyl sites for hydroxylation is 2. The number of hydrogen-bond donors (Lipinski definition) is 1. The van der Waals surface area contributed by atoms with E-state index in [1.165, 1.54) is 0 Å². The fourth-order valence-corrected chi connectivity index (χ4v) is 1.44. The van der Waals surface area contributed by atoms with Crippen LogP contribution in [0.5, 0.6) is 0 Å². The summed E-state index contributed by atoms with van der Waals surface area (Å²) in [6, 6.07) is 2.04. The second-order valence-corrected chi connectivity index (χ2v) is 4.09. The highest BCUT2D eigenvalue weighted by Gasteiger charge is 2.21. The van der Waals surface area contributed by atoms with Crippen molar-refractivity contribution in [2.45, 2.75) is 20.3 Å². The van der Waals surface area contributed by atoms with E-state index in [2.05, 4.69) is 11.7 Å². The number of aliphatic hydroxyl groups excluding tert-OH is 1. The van der Waals surface area contributed by atoms with Crippen LogP contribution in [-0.4, -0.2) is 21.5 Å². The van der Waals surface area contributed by atoms with Crippen LogP contribution in [0.4, 0.5) is 0 Å². The largest absolute Gasteiger partial charge is 0.395 e. The van der Waals surface area contributed by atoms with E-state index >= 15 is 0 Å². The number of aliphatic hydroxyl groups is 1. The van der Waals surface area contributed by atoms with Crippen molar-refractivity contribution in [1.29, 1.82) is 0 Å². The van der Waals surface area contributed by atoms with Crippen molar-refractivity contribution >= 4 is 0 Å². The smallest absolute Gasteiger partial charge is 0.0596 e. The lowest BCUT2D eigenvalue weighted by molar-refractivity contribution is 0.182. The van der Waals surface area contributed by atoms with E-state index in [1.54, 1.807) is 6.08 Å². The standard InChI is InChI=1S/C11H18N2O/c1-5-11(3,8-14)7-10-6-9(2)12-13(10)4/h5-6,14H,1,7-8H2,2-4H3. The highest BCUT2D eigenvalue weighted by molar-refractivity contribution is 5.12. The Labute approximate surface area is 85.1 Å². The van der Waals surface area contributed by atoms with Crippen LogP contribution >= 0.6 is 0 Å². The summed E-state index contributed by atoms with van der Waals surface area (Å²) in [4.78, 5) is 0. The molecular formula is C11H18N2O. The molecular weight excluding hydrogens is 176 g/mol. The van der Waals surface area contributed by atoms with E-state index in [9.17, 15) is 5.11 Å². The zero-order valence-corrected chi connectivity index (χ0v) is 9.12. The Morgan fingerprint density at radius 1 is 1.71 bits per heavy atom. The van der Waals surface area contributed by atoms with Gasteiger partial charge >= 0.3 is 0 Å². The lowest BCUT2D eigenvalue weighted by Gasteiger charge is -2.22. The molecule has 1 atom stereocenters. The van der Waals surface area contributed by atoms with Gasteiger partial charge in [0.25, 0.3) is 0 Å². The van der Waals surface area contributed by atoms with Crippen LogP contribution < -0.4 is 0 Å². The van der Waals surface area contributed by atoms with Gasteiger partial charge in [-0.2, -0.15) is 5.10 Å². The Bertz CT molecular complexity index is 330. The zero-order chi connectivity index (χ0) is 10.8. The molecule has 0 radical (unpaired) electrons. The van der Waals surface area contributed by atoms with Crippen molar-refractivity contribution in [2.75, 3.05) is 6.61 Å². The van der Waals surface area contributed by atoms with E-state index < -0.39 is 0 Å². The van der Waals surface area contributed by atoms with Crippen LogP contribution in [-0.2, 0) is 13.5 Å². The Morgan fingerprint density at radius 2 is 2.36 bits per heavy atom. The van der Waals surface area contributed by atoms with Crippen molar-refractivity contribution in [3.05, 3.63) is 30.1 Å². The van der Waals surface area contributed by atoms with Gasteiger partial charge in [-0.15, -0.1) is 6.58 Å². The monoisotopic (exact) mass is 194 g/mol. The van der Waals surface area contributed by atoms with E-state index in [0.29, 0.717) is 0 Å². The van der Waals surface area contributed by atoms with Crippen LogP contribution in [0.2, 0.25) is 0 Å². The molecule has 0 bridgehead atoms. The molecule has 1 aromatic rings. The fourth-order valence-electron chi connectivity index (χ4n) is 1.44. The minimum atomic E-state index is -0.250. The maximum atomic E-state index is 9.24. The van der Waals surface area contributed by atoms with Crippen LogP contribution in [0.3, 0.4) is 0 Å². The van der Waals surface area contributed by atoms with Gasteiger partial charge in [0.1, 0.15) is 0 Å². The summed E-state index contributed by atoms with van der Waals surface area (Å²) < 4.78 is 1.85. The minimum Gasteiger partial charge on any atom is -0.395 e. The molecule has 1 rings (SSSR count). The summed E-state index contributed by atoms with van der Waals surface area (Å²) in [5, 5.41) is 13.5. The van der Waals surface area contributed by atoms with Crippen molar-refractivity contribution in [3.8, 4) is 0 Å². The van der Waals surface area contributed by atoms with Crippen LogP contribution in [0.25, 0.3) is 0 Å². The molecule has 0 amide bonds. The molecule has 14 heavy (non-hydrogen) atoms. The van der Waals surface area contributed by atoms with Gasteiger partial charge in [0, 0.05) is 24.6 Å². The second-order valence-electron chi connectivity index (χ2n) is 4.09. The minimum absolute atomic E-state index is 0.112. The van der Waals surface area contributed by atoms with E-state index in [4.69, 9.17) is 0 Å². The first kappa shape index (κ1) is 11.0. The first-order valence-electron chi connectivity index (χ1n) is 4.75. The van der Waals surface area contributed by atoms with Crippen molar-refractivity contribution in [1.82, 2.24) is 9.78 Å². The summed E-state index contributed by atoms with van der Waals surface area (Å²) in [6.45, 7) is 7.81. The highest BCUT2D eigenvalue weighted by Crippen LogP contribution is 2.23. The maximum absolute atomic E-state index is 9.24. The molecule has 78 valence electrons. The normalized spacial score (nSPS) is 15.1. The molecule has 1 unspecified atom stereocenters. The van der Waals surface area contributed by atoms with Crippen LogP contribution in [0, 0.1) is 12.3 Å². The molecule has 0 aliphatic carbocycles. The Balaban J connectivity index is 2.87. The van der Waals surface area contributed by atoms with Crippen LogP contribution in [0.1, 0.15) is 18.3 Å². The van der Waals surface area contributed by atoms with Crippen molar-refractivity contribution < 1.29 is 5.11 Å². The number of aromatic nitrogens is 2. The first-order chi connectivity index (χ1) is 6.50. The number of rotatable bonds is 4. The highest BCUT2D eigenvalue weighted by atomic mass is 16.3. The summed E-state index contributed by atoms with van der Waals surface area (Å²) in [5.41, 5.74) is 1.88. The predicted octanol–water partition coefficient (Wildman–Crippen LogP) is 1.46. The first-order valence-corrected chi connectivity index (χ1v) is 4.75. The van der Waals surface area contributed by atoms with Gasteiger partial charge in [0.05, 0.1) is 12.3 Å².